The molecule has 4 heteroatoms. The van der Waals surface area contributed by atoms with Crippen LogP contribution in [0.4, 0.5) is 0 Å². The molecule has 0 aliphatic heterocycles. The van der Waals surface area contributed by atoms with Crippen molar-refractivity contribution >= 4 is 34.3 Å². The average Bonchev–Trinajstić information content (AvgIpc) is 2.04. The van der Waals surface area contributed by atoms with E-state index in [1.807, 2.05) is 22.6 Å². The molecule has 0 radical (unpaired) electrons. The summed E-state index contributed by atoms with van der Waals surface area (Å²) in [6.07, 6.45) is 1.46. The molecule has 0 rings (SSSR count). The average molecular weight is 284 g/mol. The molecular formula is C8H13IO3. The summed E-state index contributed by atoms with van der Waals surface area (Å²) in [4.78, 5) is 21.6. The Morgan fingerprint density at radius 3 is 2.50 bits per heavy atom. The van der Waals surface area contributed by atoms with Gasteiger partial charge in [-0.15, -0.1) is 0 Å². The second-order valence-electron chi connectivity index (χ2n) is 2.33. The van der Waals surface area contributed by atoms with Crippen molar-refractivity contribution in [1.29, 1.82) is 0 Å². The largest absolute Gasteiger partial charge is 0.466 e. The molecule has 0 amide bonds. The second kappa shape index (κ2) is 7.52. The molecule has 0 N–H and O–H groups in total. The van der Waals surface area contributed by atoms with Gasteiger partial charge in [-0.05, 0) is 13.3 Å². The van der Waals surface area contributed by atoms with Crippen LogP contribution in [0.15, 0.2) is 0 Å². The van der Waals surface area contributed by atoms with E-state index in [0.29, 0.717) is 30.3 Å². The molecule has 0 unspecified atom stereocenters. The maximum absolute atomic E-state index is 10.8. The zero-order valence-corrected chi connectivity index (χ0v) is 9.30. The van der Waals surface area contributed by atoms with Crippen LogP contribution in [0.5, 0.6) is 0 Å². The lowest BCUT2D eigenvalue weighted by Crippen LogP contribution is -2.05. The summed E-state index contributed by atoms with van der Waals surface area (Å²) in [5.74, 6) is -0.0151. The molecule has 0 aromatic rings. The van der Waals surface area contributed by atoms with Gasteiger partial charge in [0.1, 0.15) is 5.78 Å². The summed E-state index contributed by atoms with van der Waals surface area (Å²) in [5, 5.41) is 0. The van der Waals surface area contributed by atoms with Crippen LogP contribution in [0, 0.1) is 0 Å². The summed E-state index contributed by atoms with van der Waals surface area (Å²) >= 11 is 2.02. The highest BCUT2D eigenvalue weighted by Crippen LogP contribution is 2.00. The van der Waals surface area contributed by atoms with Crippen molar-refractivity contribution in [2.75, 3.05) is 11.0 Å². The first-order chi connectivity index (χ1) is 5.70. The highest BCUT2D eigenvalue weighted by molar-refractivity contribution is 14.1. The SMILES string of the molecule is CCOC(=O)CCCC(=O)CI. The molecule has 70 valence electrons. The number of rotatable bonds is 6. The van der Waals surface area contributed by atoms with Crippen molar-refractivity contribution in [2.45, 2.75) is 26.2 Å². The van der Waals surface area contributed by atoms with Gasteiger partial charge in [0, 0.05) is 12.8 Å². The Balaban J connectivity index is 3.30. The number of hydrogen-bond acceptors (Lipinski definition) is 3. The third-order valence-corrected chi connectivity index (χ3v) is 2.14. The number of halogens is 1. The third kappa shape index (κ3) is 6.57. The fraction of sp³-hybridized carbons (Fsp3) is 0.750. The van der Waals surface area contributed by atoms with Crippen LogP contribution in [-0.4, -0.2) is 22.8 Å². The van der Waals surface area contributed by atoms with Crippen LogP contribution in [0.2, 0.25) is 0 Å². The Bertz CT molecular complexity index is 156. The summed E-state index contributed by atoms with van der Waals surface area (Å²) in [6.45, 7) is 2.19. The van der Waals surface area contributed by atoms with Gasteiger partial charge in [-0.25, -0.2) is 0 Å². The molecule has 0 atom stereocenters. The Kier molecular flexibility index (Phi) is 7.43. The molecule has 0 aliphatic carbocycles. The highest BCUT2D eigenvalue weighted by atomic mass is 127. The Labute approximate surface area is 86.0 Å². The van der Waals surface area contributed by atoms with Crippen LogP contribution in [0.25, 0.3) is 0 Å². The molecule has 0 saturated heterocycles. The first-order valence-corrected chi connectivity index (χ1v) is 5.46. The van der Waals surface area contributed by atoms with Gasteiger partial charge in [-0.3, -0.25) is 9.59 Å². The number of esters is 1. The zero-order chi connectivity index (χ0) is 9.40. The van der Waals surface area contributed by atoms with Crippen molar-refractivity contribution in [2.24, 2.45) is 0 Å². The van der Waals surface area contributed by atoms with Crippen molar-refractivity contribution < 1.29 is 14.3 Å². The molecule has 12 heavy (non-hydrogen) atoms. The van der Waals surface area contributed by atoms with Crippen molar-refractivity contribution in [3.8, 4) is 0 Å². The normalized spacial score (nSPS) is 9.50. The van der Waals surface area contributed by atoms with E-state index in [1.165, 1.54) is 0 Å². The molecule has 0 aromatic carbocycles. The predicted molar refractivity (Wildman–Crippen MR) is 54.4 cm³/mol. The minimum atomic E-state index is -0.209. The van der Waals surface area contributed by atoms with Crippen molar-refractivity contribution in [3.63, 3.8) is 0 Å². The monoisotopic (exact) mass is 284 g/mol. The first kappa shape index (κ1) is 11.9. The van der Waals surface area contributed by atoms with Crippen molar-refractivity contribution in [3.05, 3.63) is 0 Å². The number of carbonyl (C=O) groups excluding carboxylic acids is 2. The summed E-state index contributed by atoms with van der Waals surface area (Å²) in [7, 11) is 0. The predicted octanol–water partition coefficient (Wildman–Crippen LogP) is 1.72. The lowest BCUT2D eigenvalue weighted by Gasteiger charge is -1.99. The van der Waals surface area contributed by atoms with Gasteiger partial charge in [0.2, 0.25) is 0 Å². The first-order valence-electron chi connectivity index (χ1n) is 3.94. The maximum Gasteiger partial charge on any atom is 0.305 e. The molecule has 0 aliphatic rings. The minimum absolute atomic E-state index is 0.194. The quantitative estimate of drug-likeness (QED) is 0.424. The van der Waals surface area contributed by atoms with Crippen molar-refractivity contribution in [1.82, 2.24) is 0 Å². The fourth-order valence-corrected chi connectivity index (χ4v) is 1.11. The van der Waals surface area contributed by atoms with Gasteiger partial charge < -0.3 is 4.74 Å². The summed E-state index contributed by atoms with van der Waals surface area (Å²) in [6, 6.07) is 0. The van der Waals surface area contributed by atoms with E-state index < -0.39 is 0 Å². The third-order valence-electron chi connectivity index (χ3n) is 1.29. The topological polar surface area (TPSA) is 43.4 Å². The lowest BCUT2D eigenvalue weighted by molar-refractivity contribution is -0.143. The smallest absolute Gasteiger partial charge is 0.305 e. The van der Waals surface area contributed by atoms with Gasteiger partial charge >= 0.3 is 5.97 Å². The Hall–Kier alpha value is -0.130. The van der Waals surface area contributed by atoms with E-state index in [4.69, 9.17) is 4.74 Å². The number of ether oxygens (including phenoxy) is 1. The van der Waals surface area contributed by atoms with E-state index >= 15 is 0 Å². The summed E-state index contributed by atoms with van der Waals surface area (Å²) in [5.41, 5.74) is 0. The minimum Gasteiger partial charge on any atom is -0.466 e. The number of Topliss-reactive ketones (excluding diaryl/α,β-unsaturated/α-hetero) is 1. The van der Waals surface area contributed by atoms with Crippen LogP contribution < -0.4 is 0 Å². The van der Waals surface area contributed by atoms with E-state index in [2.05, 4.69) is 0 Å². The van der Waals surface area contributed by atoms with E-state index in [0.717, 1.165) is 0 Å². The lowest BCUT2D eigenvalue weighted by atomic mass is 10.2. The number of carbonyl (C=O) groups is 2. The van der Waals surface area contributed by atoms with Gasteiger partial charge in [0.25, 0.3) is 0 Å². The molecule has 0 aromatic heterocycles. The van der Waals surface area contributed by atoms with Crippen LogP contribution in [0.3, 0.4) is 0 Å². The standard InChI is InChI=1S/C8H13IO3/c1-2-12-8(11)5-3-4-7(10)6-9/h2-6H2,1H3. The number of alkyl halides is 1. The van der Waals surface area contributed by atoms with Gasteiger partial charge in [0.15, 0.2) is 0 Å². The van der Waals surface area contributed by atoms with Gasteiger partial charge in [-0.2, -0.15) is 0 Å². The molecule has 0 bridgehead atoms. The Morgan fingerprint density at radius 1 is 1.33 bits per heavy atom. The van der Waals surface area contributed by atoms with E-state index in [9.17, 15) is 9.59 Å². The van der Waals surface area contributed by atoms with E-state index in [1.54, 1.807) is 6.92 Å². The zero-order valence-electron chi connectivity index (χ0n) is 7.14. The second-order valence-corrected chi connectivity index (χ2v) is 3.09. The number of ketones is 1. The maximum atomic E-state index is 10.8. The molecular weight excluding hydrogens is 271 g/mol. The molecule has 0 heterocycles. The molecule has 0 spiro atoms. The number of hydrogen-bond donors (Lipinski definition) is 0. The highest BCUT2D eigenvalue weighted by Gasteiger charge is 2.03. The molecule has 0 fully saturated rings. The van der Waals surface area contributed by atoms with E-state index in [-0.39, 0.29) is 11.8 Å². The Morgan fingerprint density at radius 2 is 2.00 bits per heavy atom. The summed E-state index contributed by atoms with van der Waals surface area (Å²) < 4.78 is 5.23. The van der Waals surface area contributed by atoms with Gasteiger partial charge in [-0.1, -0.05) is 22.6 Å². The molecule has 3 nitrogen and oxygen atoms in total. The van der Waals surface area contributed by atoms with Crippen LogP contribution in [-0.2, 0) is 14.3 Å². The van der Waals surface area contributed by atoms with Gasteiger partial charge in [0.05, 0.1) is 11.0 Å². The molecule has 0 saturated carbocycles. The van der Waals surface area contributed by atoms with Crippen LogP contribution >= 0.6 is 22.6 Å². The van der Waals surface area contributed by atoms with Crippen LogP contribution in [0.1, 0.15) is 26.2 Å². The fourth-order valence-electron chi connectivity index (χ4n) is 0.730.